The number of ketones is 1. The van der Waals surface area contributed by atoms with Gasteiger partial charge in [0.15, 0.2) is 17.3 Å². The van der Waals surface area contributed by atoms with Gasteiger partial charge in [0.2, 0.25) is 6.79 Å². The van der Waals surface area contributed by atoms with Crippen molar-refractivity contribution < 1.29 is 33.3 Å². The number of hydrogen-bond donors (Lipinski definition) is 1. The predicted molar refractivity (Wildman–Crippen MR) is 121 cm³/mol. The van der Waals surface area contributed by atoms with Crippen molar-refractivity contribution in [2.24, 2.45) is 11.8 Å². The summed E-state index contributed by atoms with van der Waals surface area (Å²) in [6.07, 6.45) is 4.12. The van der Waals surface area contributed by atoms with E-state index in [1.165, 1.54) is 7.11 Å². The first-order valence-corrected chi connectivity index (χ1v) is 11.8. The first kappa shape index (κ1) is 22.5. The lowest BCUT2D eigenvalue weighted by Crippen LogP contribution is -2.43. The highest BCUT2D eigenvalue weighted by molar-refractivity contribution is 6.12. The first-order valence-electron chi connectivity index (χ1n) is 11.8. The Hall–Kier alpha value is -3.29. The van der Waals surface area contributed by atoms with Gasteiger partial charge in [-0.15, -0.1) is 0 Å². The van der Waals surface area contributed by atoms with Crippen LogP contribution in [-0.4, -0.2) is 37.7 Å². The maximum absolute atomic E-state index is 13.8. The Labute approximate surface area is 198 Å². The van der Waals surface area contributed by atoms with Gasteiger partial charge in [-0.25, -0.2) is 4.79 Å². The van der Waals surface area contributed by atoms with Crippen LogP contribution >= 0.6 is 0 Å². The number of dihydropyridines is 1. The molecule has 0 bridgehead atoms. The summed E-state index contributed by atoms with van der Waals surface area (Å²) in [5, 5.41) is 3.29. The SMILES string of the molecule is COC(=O)[C@H]1C(=O)C2=C(C[C@@H]1C)NC(C)=C(C(=O)OC1CCCC1)[C@@H]2c1ccc2c(c1)OCO2. The van der Waals surface area contributed by atoms with Crippen LogP contribution in [0.15, 0.2) is 40.7 Å². The molecule has 2 aliphatic carbocycles. The smallest absolute Gasteiger partial charge is 0.337 e. The molecule has 1 aromatic carbocycles. The zero-order valence-corrected chi connectivity index (χ0v) is 19.6. The van der Waals surface area contributed by atoms with Crippen molar-refractivity contribution in [2.45, 2.75) is 58.0 Å². The van der Waals surface area contributed by atoms with E-state index in [0.29, 0.717) is 40.3 Å². The van der Waals surface area contributed by atoms with E-state index < -0.39 is 23.8 Å². The number of methoxy groups -OCH3 is 1. The minimum Gasteiger partial charge on any atom is -0.468 e. The van der Waals surface area contributed by atoms with Crippen LogP contribution in [0.1, 0.15) is 57.4 Å². The average molecular weight is 468 g/mol. The van der Waals surface area contributed by atoms with Crippen LogP contribution in [0.5, 0.6) is 11.5 Å². The van der Waals surface area contributed by atoms with E-state index >= 15 is 0 Å². The molecule has 0 spiro atoms. The van der Waals surface area contributed by atoms with Gasteiger partial charge in [0.25, 0.3) is 0 Å². The van der Waals surface area contributed by atoms with Crippen molar-refractivity contribution in [1.29, 1.82) is 0 Å². The Kier molecular flexibility index (Phi) is 5.83. The zero-order chi connectivity index (χ0) is 24.0. The van der Waals surface area contributed by atoms with Gasteiger partial charge in [0.1, 0.15) is 12.0 Å². The van der Waals surface area contributed by atoms with Gasteiger partial charge in [0, 0.05) is 22.9 Å². The lowest BCUT2D eigenvalue weighted by Gasteiger charge is -2.38. The molecule has 1 saturated carbocycles. The lowest BCUT2D eigenvalue weighted by molar-refractivity contribution is -0.151. The molecule has 2 heterocycles. The number of rotatable bonds is 4. The highest BCUT2D eigenvalue weighted by Gasteiger charge is 2.47. The van der Waals surface area contributed by atoms with Gasteiger partial charge in [-0.05, 0) is 62.6 Å². The number of esters is 2. The van der Waals surface area contributed by atoms with Gasteiger partial charge >= 0.3 is 11.9 Å². The largest absolute Gasteiger partial charge is 0.468 e. The molecular formula is C26H29NO7. The molecule has 5 rings (SSSR count). The van der Waals surface area contributed by atoms with Gasteiger partial charge in [-0.1, -0.05) is 13.0 Å². The van der Waals surface area contributed by atoms with Crippen molar-refractivity contribution in [3.8, 4) is 11.5 Å². The Balaban J connectivity index is 1.60. The molecule has 0 amide bonds. The van der Waals surface area contributed by atoms with Gasteiger partial charge in [-0.3, -0.25) is 9.59 Å². The van der Waals surface area contributed by atoms with E-state index in [2.05, 4.69) is 5.32 Å². The molecule has 1 aromatic rings. The maximum atomic E-state index is 13.8. The van der Waals surface area contributed by atoms with Crippen molar-refractivity contribution in [1.82, 2.24) is 5.32 Å². The summed E-state index contributed by atoms with van der Waals surface area (Å²) in [6.45, 7) is 3.81. The Morgan fingerprint density at radius 2 is 1.85 bits per heavy atom. The Morgan fingerprint density at radius 1 is 1.12 bits per heavy atom. The molecule has 3 atom stereocenters. The highest BCUT2D eigenvalue weighted by Crippen LogP contribution is 2.47. The number of carbonyl (C=O) groups is 3. The number of carbonyl (C=O) groups excluding carboxylic acids is 3. The van der Waals surface area contributed by atoms with Crippen LogP contribution < -0.4 is 14.8 Å². The number of Topliss-reactive ketones (excluding diaryl/α,β-unsaturated/α-hetero) is 1. The molecule has 8 nitrogen and oxygen atoms in total. The number of hydrogen-bond acceptors (Lipinski definition) is 8. The molecule has 1 fully saturated rings. The van der Waals surface area contributed by atoms with Crippen molar-refractivity contribution >= 4 is 17.7 Å². The maximum Gasteiger partial charge on any atom is 0.337 e. The summed E-state index contributed by atoms with van der Waals surface area (Å²) in [7, 11) is 1.29. The molecule has 8 heteroatoms. The van der Waals surface area contributed by atoms with Crippen LogP contribution in [0.25, 0.3) is 0 Å². The molecule has 0 unspecified atom stereocenters. The predicted octanol–water partition coefficient (Wildman–Crippen LogP) is 3.51. The molecule has 0 saturated heterocycles. The van der Waals surface area contributed by atoms with E-state index in [-0.39, 0.29) is 24.6 Å². The van der Waals surface area contributed by atoms with Crippen LogP contribution in [-0.2, 0) is 23.9 Å². The fourth-order valence-corrected chi connectivity index (χ4v) is 5.60. The zero-order valence-electron chi connectivity index (χ0n) is 19.6. The third kappa shape index (κ3) is 3.75. The standard InChI is InChI=1S/C26H29NO7/c1-13-10-17-23(24(28)20(13)25(29)31-3)22(15-8-9-18-19(11-15)33-12-32-18)21(14(2)27-17)26(30)34-16-6-4-5-7-16/h8-9,11,13,16,20,22,27H,4-7,10,12H2,1-3H3/t13-,20+,22-/m0/s1. The minimum atomic E-state index is -0.924. The van der Waals surface area contributed by atoms with E-state index in [1.807, 2.05) is 19.9 Å². The van der Waals surface area contributed by atoms with Gasteiger partial charge < -0.3 is 24.3 Å². The van der Waals surface area contributed by atoms with Crippen molar-refractivity contribution in [3.63, 3.8) is 0 Å². The fraction of sp³-hybridized carbons (Fsp3) is 0.500. The van der Waals surface area contributed by atoms with Gasteiger partial charge in [0.05, 0.1) is 12.7 Å². The summed E-state index contributed by atoms with van der Waals surface area (Å²) in [4.78, 5) is 39.8. The van der Waals surface area contributed by atoms with E-state index in [9.17, 15) is 14.4 Å². The second kappa shape index (κ2) is 8.81. The molecule has 1 N–H and O–H groups in total. The number of fused-ring (bicyclic) bond motifs is 1. The lowest BCUT2D eigenvalue weighted by atomic mass is 9.69. The van der Waals surface area contributed by atoms with Gasteiger partial charge in [-0.2, -0.15) is 0 Å². The first-order chi connectivity index (χ1) is 16.4. The molecule has 0 radical (unpaired) electrons. The Bertz CT molecular complexity index is 1110. The van der Waals surface area contributed by atoms with Crippen molar-refractivity contribution in [2.75, 3.05) is 13.9 Å². The summed E-state index contributed by atoms with van der Waals surface area (Å²) in [5.74, 6) is -2.00. The molecule has 4 aliphatic rings. The topological polar surface area (TPSA) is 100 Å². The summed E-state index contributed by atoms with van der Waals surface area (Å²) in [6, 6.07) is 5.42. The number of ether oxygens (including phenoxy) is 4. The number of nitrogens with one attached hydrogen (secondary N) is 1. The fourth-order valence-electron chi connectivity index (χ4n) is 5.60. The second-order valence-electron chi connectivity index (χ2n) is 9.46. The van der Waals surface area contributed by atoms with Crippen LogP contribution in [0.2, 0.25) is 0 Å². The molecular weight excluding hydrogens is 438 g/mol. The van der Waals surface area contributed by atoms with Crippen molar-refractivity contribution in [3.05, 3.63) is 46.3 Å². The van der Waals surface area contributed by atoms with Crippen LogP contribution in [0.4, 0.5) is 0 Å². The molecule has 34 heavy (non-hydrogen) atoms. The van der Waals surface area contributed by atoms with E-state index in [0.717, 1.165) is 31.4 Å². The van der Waals surface area contributed by atoms with Crippen LogP contribution in [0, 0.1) is 11.8 Å². The summed E-state index contributed by atoms with van der Waals surface area (Å²) in [5.41, 5.74) is 2.89. The number of benzene rings is 1. The third-order valence-corrected chi connectivity index (χ3v) is 7.27. The molecule has 0 aromatic heterocycles. The molecule has 180 valence electrons. The third-order valence-electron chi connectivity index (χ3n) is 7.27. The number of allylic oxidation sites excluding steroid dienone is 3. The molecule has 2 aliphatic heterocycles. The second-order valence-corrected chi connectivity index (χ2v) is 9.46. The Morgan fingerprint density at radius 3 is 2.59 bits per heavy atom. The average Bonchev–Trinajstić information content (AvgIpc) is 3.49. The van der Waals surface area contributed by atoms with Crippen LogP contribution in [0.3, 0.4) is 0 Å². The highest BCUT2D eigenvalue weighted by atomic mass is 16.7. The van der Waals surface area contributed by atoms with E-state index in [1.54, 1.807) is 12.1 Å². The normalized spacial score (nSPS) is 26.3. The minimum absolute atomic E-state index is 0.116. The monoisotopic (exact) mass is 467 g/mol. The van der Waals surface area contributed by atoms with E-state index in [4.69, 9.17) is 18.9 Å². The summed E-state index contributed by atoms with van der Waals surface area (Å²) >= 11 is 0. The quantitative estimate of drug-likeness (QED) is 0.530. The summed E-state index contributed by atoms with van der Waals surface area (Å²) < 4.78 is 21.9.